The Balaban J connectivity index is 2.41. The van der Waals surface area contributed by atoms with Crippen molar-refractivity contribution in [3.05, 3.63) is 29.8 Å². The summed E-state index contributed by atoms with van der Waals surface area (Å²) in [6.07, 6.45) is 0. The van der Waals surface area contributed by atoms with Crippen LogP contribution in [-0.2, 0) is 15.8 Å². The summed E-state index contributed by atoms with van der Waals surface area (Å²) in [7, 11) is -3.15. The van der Waals surface area contributed by atoms with Crippen LogP contribution in [0.15, 0.2) is 24.3 Å². The second-order valence-corrected chi connectivity index (χ2v) is 12.8. The maximum absolute atomic E-state index is 11.6. The first-order valence-corrected chi connectivity index (χ1v) is 11.4. The highest BCUT2D eigenvalue weighted by atomic mass is 32.2. The van der Waals surface area contributed by atoms with E-state index in [0.29, 0.717) is 0 Å². The van der Waals surface area contributed by atoms with Gasteiger partial charge in [0.05, 0.1) is 13.8 Å². The Labute approximate surface area is 115 Å². The summed E-state index contributed by atoms with van der Waals surface area (Å²) in [5.41, 5.74) is 1.88. The fourth-order valence-electron chi connectivity index (χ4n) is 1.97. The summed E-state index contributed by atoms with van der Waals surface area (Å²) in [6.45, 7) is 6.85. The highest BCUT2D eigenvalue weighted by Gasteiger charge is 2.19. The molecule has 0 fully saturated rings. The summed E-state index contributed by atoms with van der Waals surface area (Å²) >= 11 is 0. The highest BCUT2D eigenvalue weighted by Crippen LogP contribution is 2.17. The van der Waals surface area contributed by atoms with Gasteiger partial charge in [0.1, 0.15) is 0 Å². The van der Waals surface area contributed by atoms with E-state index in [4.69, 9.17) is 0 Å². The second-order valence-electron chi connectivity index (χ2n) is 5.82. The van der Waals surface area contributed by atoms with E-state index in [1.807, 2.05) is 18.2 Å². The maximum Gasteiger partial charge on any atom is 0.215 e. The first kappa shape index (κ1) is 14.3. The van der Waals surface area contributed by atoms with Crippen molar-refractivity contribution in [2.75, 3.05) is 7.05 Å². The molecule has 0 aliphatic heterocycles. The number of nitrogens with one attached hydrogen (secondary N) is 2. The lowest BCUT2D eigenvalue weighted by Crippen LogP contribution is -2.38. The average molecular weight is 296 g/mol. The molecule has 0 amide bonds. The van der Waals surface area contributed by atoms with E-state index >= 15 is 0 Å². The number of fused-ring (bicyclic) bond motifs is 1. The van der Waals surface area contributed by atoms with Crippen LogP contribution >= 0.6 is 0 Å². The minimum absolute atomic E-state index is 0.0207. The summed E-state index contributed by atoms with van der Waals surface area (Å²) in [6, 6.07) is 7.92. The van der Waals surface area contributed by atoms with Crippen LogP contribution in [0.4, 0.5) is 0 Å². The predicted molar refractivity (Wildman–Crippen MR) is 83.0 cm³/mol. The van der Waals surface area contributed by atoms with Gasteiger partial charge in [-0.1, -0.05) is 25.7 Å². The summed E-state index contributed by atoms with van der Waals surface area (Å²) < 4.78 is 25.5. The zero-order valence-corrected chi connectivity index (χ0v) is 13.6. The zero-order chi connectivity index (χ0) is 14.3. The molecular weight excluding hydrogens is 276 g/mol. The minimum Gasteiger partial charge on any atom is -0.362 e. The van der Waals surface area contributed by atoms with E-state index < -0.39 is 18.1 Å². The van der Waals surface area contributed by atoms with Gasteiger partial charge < -0.3 is 4.98 Å². The molecule has 1 aromatic heterocycles. The molecule has 2 rings (SSSR count). The first-order valence-electron chi connectivity index (χ1n) is 6.25. The molecule has 19 heavy (non-hydrogen) atoms. The number of sulfonamides is 1. The molecule has 2 aromatic rings. The summed E-state index contributed by atoms with van der Waals surface area (Å²) in [5.74, 6) is 0.0207. The number of hydrogen-bond donors (Lipinski definition) is 2. The number of H-pyrrole nitrogens is 1. The van der Waals surface area contributed by atoms with Gasteiger partial charge in [-0.15, -0.1) is 0 Å². The van der Waals surface area contributed by atoms with Crippen LogP contribution in [0.1, 0.15) is 5.56 Å². The van der Waals surface area contributed by atoms with Gasteiger partial charge in [-0.05, 0) is 41.5 Å². The number of rotatable bonds is 4. The number of benzene rings is 1. The van der Waals surface area contributed by atoms with E-state index in [-0.39, 0.29) is 5.75 Å². The third kappa shape index (κ3) is 3.26. The van der Waals surface area contributed by atoms with Crippen LogP contribution in [0.5, 0.6) is 0 Å². The van der Waals surface area contributed by atoms with Crippen LogP contribution < -0.4 is 10.0 Å². The Hall–Kier alpha value is -1.11. The second kappa shape index (κ2) is 4.77. The summed E-state index contributed by atoms with van der Waals surface area (Å²) in [5, 5.41) is 2.37. The molecule has 0 saturated heterocycles. The molecule has 0 bridgehead atoms. The van der Waals surface area contributed by atoms with Crippen molar-refractivity contribution in [2.45, 2.75) is 25.4 Å². The topological polar surface area (TPSA) is 62.0 Å². The molecule has 6 heteroatoms. The lowest BCUT2D eigenvalue weighted by molar-refractivity contribution is 0.587. The monoisotopic (exact) mass is 296 g/mol. The fraction of sp³-hybridized carbons (Fsp3) is 0.385. The van der Waals surface area contributed by atoms with Crippen molar-refractivity contribution in [1.82, 2.24) is 9.71 Å². The quantitative estimate of drug-likeness (QED) is 0.845. The smallest absolute Gasteiger partial charge is 0.215 e. The van der Waals surface area contributed by atoms with Crippen molar-refractivity contribution in [3.8, 4) is 0 Å². The first-order chi connectivity index (χ1) is 8.71. The van der Waals surface area contributed by atoms with E-state index in [9.17, 15) is 8.42 Å². The van der Waals surface area contributed by atoms with Crippen molar-refractivity contribution in [1.29, 1.82) is 0 Å². The van der Waals surface area contributed by atoms with Gasteiger partial charge in [-0.25, -0.2) is 13.1 Å². The predicted octanol–water partition coefficient (Wildman–Crippen LogP) is 1.76. The Kier molecular flexibility index (Phi) is 3.59. The number of aromatic amines is 1. The molecule has 1 aromatic carbocycles. The van der Waals surface area contributed by atoms with Crippen molar-refractivity contribution in [2.24, 2.45) is 0 Å². The van der Waals surface area contributed by atoms with E-state index in [0.717, 1.165) is 16.5 Å². The summed E-state index contributed by atoms with van der Waals surface area (Å²) in [4.78, 5) is 3.44. The third-order valence-electron chi connectivity index (χ3n) is 3.16. The molecule has 104 valence electrons. The number of hydrogen-bond acceptors (Lipinski definition) is 2. The van der Waals surface area contributed by atoms with Crippen molar-refractivity contribution < 1.29 is 8.42 Å². The van der Waals surface area contributed by atoms with Crippen LogP contribution in [0.2, 0.25) is 19.6 Å². The molecule has 0 aliphatic rings. The Morgan fingerprint density at radius 3 is 2.47 bits per heavy atom. The molecule has 0 atom stereocenters. The van der Waals surface area contributed by atoms with Gasteiger partial charge in [-0.3, -0.25) is 0 Å². The molecule has 0 radical (unpaired) electrons. The largest absolute Gasteiger partial charge is 0.362 e. The van der Waals surface area contributed by atoms with Gasteiger partial charge in [0.2, 0.25) is 10.0 Å². The molecule has 1 heterocycles. The Morgan fingerprint density at radius 1 is 1.21 bits per heavy atom. The highest BCUT2D eigenvalue weighted by molar-refractivity contribution is 7.88. The molecule has 0 unspecified atom stereocenters. The van der Waals surface area contributed by atoms with Crippen LogP contribution in [-0.4, -0.2) is 28.5 Å². The van der Waals surface area contributed by atoms with Gasteiger partial charge in [0.15, 0.2) is 0 Å². The van der Waals surface area contributed by atoms with Crippen LogP contribution in [0, 0.1) is 0 Å². The van der Waals surface area contributed by atoms with E-state index in [1.165, 1.54) is 12.4 Å². The van der Waals surface area contributed by atoms with Gasteiger partial charge in [-0.2, -0.15) is 0 Å². The van der Waals surface area contributed by atoms with Crippen LogP contribution in [0.3, 0.4) is 0 Å². The van der Waals surface area contributed by atoms with Crippen molar-refractivity contribution >= 4 is 34.3 Å². The SMILES string of the molecule is CNS(=O)(=O)Cc1ccc2[nH]c([Si](C)(C)C)cc2c1. The normalized spacial score (nSPS) is 13.1. The lowest BCUT2D eigenvalue weighted by Gasteiger charge is -2.12. The zero-order valence-electron chi connectivity index (χ0n) is 11.7. The Morgan fingerprint density at radius 2 is 1.89 bits per heavy atom. The van der Waals surface area contributed by atoms with Crippen molar-refractivity contribution in [3.63, 3.8) is 0 Å². The number of aromatic nitrogens is 1. The van der Waals surface area contributed by atoms with Gasteiger partial charge in [0.25, 0.3) is 0 Å². The maximum atomic E-state index is 11.6. The Bertz CT molecular complexity index is 699. The standard InChI is InChI=1S/C13H20N2O2SSi/c1-14-18(16,17)9-10-5-6-12-11(7-10)8-13(15-12)19(2,3)4/h5-8,14-15H,9H2,1-4H3. The van der Waals surface area contributed by atoms with E-state index in [1.54, 1.807) is 0 Å². The fourth-order valence-corrected chi connectivity index (χ4v) is 3.83. The lowest BCUT2D eigenvalue weighted by atomic mass is 10.2. The van der Waals surface area contributed by atoms with E-state index in [2.05, 4.69) is 35.4 Å². The average Bonchev–Trinajstić information content (AvgIpc) is 2.71. The molecule has 2 N–H and O–H groups in total. The van der Waals surface area contributed by atoms with Crippen LogP contribution in [0.25, 0.3) is 10.9 Å². The third-order valence-corrected chi connectivity index (χ3v) is 6.38. The molecule has 4 nitrogen and oxygen atoms in total. The molecule has 0 saturated carbocycles. The van der Waals surface area contributed by atoms with Gasteiger partial charge >= 0.3 is 0 Å². The molecule has 0 aliphatic carbocycles. The molecular formula is C13H20N2O2SSi. The molecule has 0 spiro atoms. The van der Waals surface area contributed by atoms with Gasteiger partial charge in [0, 0.05) is 5.52 Å². The minimum atomic E-state index is -3.21.